The fraction of sp³-hybridized carbons (Fsp3) is 0.154. The van der Waals surface area contributed by atoms with Crippen molar-refractivity contribution in [3.8, 4) is 10.8 Å². The van der Waals surface area contributed by atoms with Crippen LogP contribution in [0, 0.1) is 6.92 Å². The number of nitrogens with two attached hydrogens (primary N) is 1. The molecule has 0 aliphatic carbocycles. The first kappa shape index (κ1) is 10.5. The van der Waals surface area contributed by atoms with Crippen LogP contribution in [0.15, 0.2) is 34.7 Å². The molecule has 2 heterocycles. The van der Waals surface area contributed by atoms with Gasteiger partial charge in [-0.2, -0.15) is 0 Å². The van der Waals surface area contributed by atoms with Crippen LogP contribution < -0.4 is 5.73 Å². The monoisotopic (exact) mass is 244 g/mol. The number of rotatable bonds is 2. The van der Waals surface area contributed by atoms with Gasteiger partial charge in [-0.25, -0.2) is 4.98 Å². The Kier molecular flexibility index (Phi) is 2.46. The summed E-state index contributed by atoms with van der Waals surface area (Å²) in [6.45, 7) is 2.60. The van der Waals surface area contributed by atoms with Crippen LogP contribution in [0.4, 0.5) is 0 Å². The van der Waals surface area contributed by atoms with E-state index in [1.54, 1.807) is 11.3 Å². The van der Waals surface area contributed by atoms with E-state index in [0.29, 0.717) is 12.4 Å². The molecule has 17 heavy (non-hydrogen) atoms. The van der Waals surface area contributed by atoms with E-state index in [9.17, 15) is 0 Å². The Morgan fingerprint density at radius 1 is 1.29 bits per heavy atom. The second-order valence-electron chi connectivity index (χ2n) is 3.94. The van der Waals surface area contributed by atoms with Gasteiger partial charge in [0.2, 0.25) is 5.89 Å². The third-order valence-electron chi connectivity index (χ3n) is 2.64. The molecule has 0 spiro atoms. The Hall–Kier alpha value is -1.65. The lowest BCUT2D eigenvalue weighted by atomic mass is 10.2. The molecule has 0 radical (unpaired) electrons. The highest BCUT2D eigenvalue weighted by Gasteiger charge is 2.09. The predicted molar refractivity (Wildman–Crippen MR) is 70.0 cm³/mol. The molecule has 86 valence electrons. The minimum Gasteiger partial charge on any atom is -0.435 e. The van der Waals surface area contributed by atoms with Crippen molar-refractivity contribution in [1.82, 2.24) is 4.98 Å². The van der Waals surface area contributed by atoms with Crippen molar-refractivity contribution >= 4 is 22.4 Å². The first-order valence-corrected chi connectivity index (χ1v) is 6.24. The lowest BCUT2D eigenvalue weighted by Crippen LogP contribution is -1.94. The van der Waals surface area contributed by atoms with Gasteiger partial charge in [0.25, 0.3) is 0 Å². The van der Waals surface area contributed by atoms with Crippen LogP contribution in [0.1, 0.15) is 10.4 Å². The topological polar surface area (TPSA) is 52.0 Å². The fourth-order valence-corrected chi connectivity index (χ4v) is 2.55. The maximum atomic E-state index is 5.73. The summed E-state index contributed by atoms with van der Waals surface area (Å²) in [7, 11) is 0. The van der Waals surface area contributed by atoms with E-state index in [1.165, 1.54) is 4.88 Å². The average molecular weight is 244 g/mol. The minimum atomic E-state index is 0.524. The fourth-order valence-electron chi connectivity index (χ4n) is 1.75. The predicted octanol–water partition coefficient (Wildman–Crippen LogP) is 3.32. The third kappa shape index (κ3) is 1.85. The van der Waals surface area contributed by atoms with E-state index in [0.717, 1.165) is 21.5 Å². The molecule has 0 atom stereocenters. The van der Waals surface area contributed by atoms with Crippen LogP contribution in [0.3, 0.4) is 0 Å². The van der Waals surface area contributed by atoms with Crippen molar-refractivity contribution in [2.45, 2.75) is 13.5 Å². The number of fused-ring (bicyclic) bond motifs is 1. The van der Waals surface area contributed by atoms with Gasteiger partial charge in [-0.1, -0.05) is 6.07 Å². The Labute approximate surface area is 103 Å². The molecular formula is C13H12N2OS. The summed E-state index contributed by atoms with van der Waals surface area (Å²) >= 11 is 1.69. The molecule has 1 aromatic carbocycles. The number of aromatic nitrogens is 1. The quantitative estimate of drug-likeness (QED) is 0.752. The van der Waals surface area contributed by atoms with Crippen molar-refractivity contribution in [1.29, 1.82) is 0 Å². The Bertz CT molecular complexity index is 669. The van der Waals surface area contributed by atoms with Gasteiger partial charge < -0.3 is 10.2 Å². The van der Waals surface area contributed by atoms with Crippen molar-refractivity contribution in [2.75, 3.05) is 0 Å². The van der Waals surface area contributed by atoms with Gasteiger partial charge in [-0.15, -0.1) is 11.3 Å². The highest BCUT2D eigenvalue weighted by atomic mass is 32.1. The number of nitrogens with zero attached hydrogens (tertiary/aromatic N) is 1. The largest absolute Gasteiger partial charge is 0.435 e. The zero-order valence-electron chi connectivity index (χ0n) is 9.43. The van der Waals surface area contributed by atoms with Crippen LogP contribution >= 0.6 is 11.3 Å². The number of benzene rings is 1. The Balaban J connectivity index is 2.13. The van der Waals surface area contributed by atoms with Crippen molar-refractivity contribution in [3.05, 3.63) is 40.8 Å². The van der Waals surface area contributed by atoms with Crippen molar-refractivity contribution < 1.29 is 4.42 Å². The van der Waals surface area contributed by atoms with Gasteiger partial charge >= 0.3 is 0 Å². The van der Waals surface area contributed by atoms with E-state index in [4.69, 9.17) is 10.2 Å². The number of hydrogen-bond acceptors (Lipinski definition) is 4. The van der Waals surface area contributed by atoms with Gasteiger partial charge in [0, 0.05) is 11.4 Å². The molecule has 0 aliphatic heterocycles. The van der Waals surface area contributed by atoms with Crippen LogP contribution in [0.5, 0.6) is 0 Å². The lowest BCUT2D eigenvalue weighted by molar-refractivity contribution is 0.621. The normalized spacial score (nSPS) is 11.2. The number of aryl methyl sites for hydroxylation is 1. The molecule has 0 bridgehead atoms. The summed E-state index contributed by atoms with van der Waals surface area (Å²) < 4.78 is 5.73. The summed E-state index contributed by atoms with van der Waals surface area (Å²) in [6, 6.07) is 9.98. The maximum Gasteiger partial charge on any atom is 0.237 e. The molecule has 0 saturated carbocycles. The SMILES string of the molecule is Cc1ccc(-c2nc3cc(CN)ccc3o2)s1. The highest BCUT2D eigenvalue weighted by Crippen LogP contribution is 2.29. The molecule has 3 aromatic rings. The summed E-state index contributed by atoms with van der Waals surface area (Å²) in [5, 5.41) is 0. The summed E-state index contributed by atoms with van der Waals surface area (Å²) in [5.41, 5.74) is 8.35. The average Bonchev–Trinajstić information content (AvgIpc) is 2.93. The zero-order valence-corrected chi connectivity index (χ0v) is 10.3. The summed E-state index contributed by atoms with van der Waals surface area (Å²) in [5.74, 6) is 0.687. The molecule has 0 aliphatic rings. The van der Waals surface area contributed by atoms with Crippen molar-refractivity contribution in [3.63, 3.8) is 0 Å². The third-order valence-corrected chi connectivity index (χ3v) is 3.63. The number of hydrogen-bond donors (Lipinski definition) is 1. The second kappa shape index (κ2) is 3.98. The minimum absolute atomic E-state index is 0.524. The van der Waals surface area contributed by atoms with E-state index >= 15 is 0 Å². The van der Waals surface area contributed by atoms with E-state index < -0.39 is 0 Å². The Morgan fingerprint density at radius 3 is 2.88 bits per heavy atom. The van der Waals surface area contributed by atoms with Gasteiger partial charge in [0.05, 0.1) is 4.88 Å². The van der Waals surface area contributed by atoms with Gasteiger partial charge in [0.1, 0.15) is 5.52 Å². The molecular weight excluding hydrogens is 232 g/mol. The lowest BCUT2D eigenvalue weighted by Gasteiger charge is -1.92. The molecule has 4 heteroatoms. The summed E-state index contributed by atoms with van der Waals surface area (Å²) in [6.07, 6.45) is 0. The van der Waals surface area contributed by atoms with Crippen molar-refractivity contribution in [2.24, 2.45) is 5.73 Å². The first-order chi connectivity index (χ1) is 8.26. The van der Waals surface area contributed by atoms with Crippen LogP contribution in [-0.4, -0.2) is 4.98 Å². The van der Waals surface area contributed by atoms with Gasteiger partial charge in [0.15, 0.2) is 5.58 Å². The second-order valence-corrected chi connectivity index (χ2v) is 5.22. The first-order valence-electron chi connectivity index (χ1n) is 5.42. The van der Waals surface area contributed by atoms with Gasteiger partial charge in [-0.3, -0.25) is 0 Å². The van der Waals surface area contributed by atoms with E-state index in [1.807, 2.05) is 24.3 Å². The van der Waals surface area contributed by atoms with Crippen LogP contribution in [-0.2, 0) is 6.54 Å². The maximum absolute atomic E-state index is 5.73. The van der Waals surface area contributed by atoms with E-state index in [-0.39, 0.29) is 0 Å². The number of thiophene rings is 1. The molecule has 0 unspecified atom stereocenters. The van der Waals surface area contributed by atoms with E-state index in [2.05, 4.69) is 18.0 Å². The van der Waals surface area contributed by atoms with Crippen LogP contribution in [0.25, 0.3) is 21.9 Å². The molecule has 3 rings (SSSR count). The molecule has 0 fully saturated rings. The number of oxazole rings is 1. The van der Waals surface area contributed by atoms with Gasteiger partial charge in [-0.05, 0) is 36.8 Å². The smallest absolute Gasteiger partial charge is 0.237 e. The standard InChI is InChI=1S/C13H12N2OS/c1-8-2-5-12(17-8)13-15-10-6-9(7-14)3-4-11(10)16-13/h2-6H,7,14H2,1H3. The molecule has 0 amide bonds. The molecule has 2 aromatic heterocycles. The highest BCUT2D eigenvalue weighted by molar-refractivity contribution is 7.15. The Morgan fingerprint density at radius 2 is 2.18 bits per heavy atom. The molecule has 0 saturated heterocycles. The zero-order chi connectivity index (χ0) is 11.8. The molecule has 2 N–H and O–H groups in total. The van der Waals surface area contributed by atoms with Crippen LogP contribution in [0.2, 0.25) is 0 Å². The summed E-state index contributed by atoms with van der Waals surface area (Å²) in [4.78, 5) is 6.81. The molecule has 3 nitrogen and oxygen atoms in total.